The van der Waals surface area contributed by atoms with E-state index >= 15 is 0 Å². The van der Waals surface area contributed by atoms with E-state index in [9.17, 15) is 0 Å². The van der Waals surface area contributed by atoms with E-state index < -0.39 is 0 Å². The van der Waals surface area contributed by atoms with E-state index in [2.05, 4.69) is 36.3 Å². The Hall–Kier alpha value is -2.03. The van der Waals surface area contributed by atoms with Crippen molar-refractivity contribution in [3.63, 3.8) is 0 Å². The standard InChI is InChI=1S/C15H19N3/c1-10-6-4-5-7-13(10)12(3)18-15-14(16)9-8-11(2)17-15/h4-9,12H,16H2,1-3H3,(H,17,18). The van der Waals surface area contributed by atoms with Gasteiger partial charge in [-0.2, -0.15) is 0 Å². The van der Waals surface area contributed by atoms with Crippen LogP contribution in [0.2, 0.25) is 0 Å². The second-order valence-corrected chi connectivity index (χ2v) is 4.61. The first-order valence-electron chi connectivity index (χ1n) is 6.13. The highest BCUT2D eigenvalue weighted by atomic mass is 15.0. The van der Waals surface area contributed by atoms with E-state index in [-0.39, 0.29) is 6.04 Å². The number of nitrogens with one attached hydrogen (secondary N) is 1. The topological polar surface area (TPSA) is 50.9 Å². The van der Waals surface area contributed by atoms with Gasteiger partial charge in [-0.05, 0) is 44.0 Å². The van der Waals surface area contributed by atoms with Crippen molar-refractivity contribution in [2.75, 3.05) is 11.1 Å². The van der Waals surface area contributed by atoms with Crippen LogP contribution in [0.5, 0.6) is 0 Å². The van der Waals surface area contributed by atoms with E-state index in [1.54, 1.807) is 0 Å². The lowest BCUT2D eigenvalue weighted by Gasteiger charge is -2.18. The molecule has 0 bridgehead atoms. The molecular weight excluding hydrogens is 222 g/mol. The highest BCUT2D eigenvalue weighted by Gasteiger charge is 2.10. The monoisotopic (exact) mass is 241 g/mol. The van der Waals surface area contributed by atoms with Gasteiger partial charge in [-0.15, -0.1) is 0 Å². The zero-order chi connectivity index (χ0) is 13.1. The van der Waals surface area contributed by atoms with Gasteiger partial charge in [0.15, 0.2) is 0 Å². The highest BCUT2D eigenvalue weighted by molar-refractivity contribution is 5.62. The fourth-order valence-corrected chi connectivity index (χ4v) is 2.04. The number of hydrogen-bond acceptors (Lipinski definition) is 3. The van der Waals surface area contributed by atoms with Crippen LogP contribution in [0.3, 0.4) is 0 Å². The molecule has 1 aromatic carbocycles. The van der Waals surface area contributed by atoms with Crippen molar-refractivity contribution in [1.82, 2.24) is 4.98 Å². The van der Waals surface area contributed by atoms with Crippen molar-refractivity contribution in [2.45, 2.75) is 26.8 Å². The lowest BCUT2D eigenvalue weighted by molar-refractivity contribution is 0.864. The van der Waals surface area contributed by atoms with Crippen LogP contribution in [0.15, 0.2) is 36.4 Å². The van der Waals surface area contributed by atoms with Gasteiger partial charge < -0.3 is 11.1 Å². The van der Waals surface area contributed by atoms with Crippen LogP contribution in [0, 0.1) is 13.8 Å². The molecule has 18 heavy (non-hydrogen) atoms. The zero-order valence-electron chi connectivity index (χ0n) is 11.1. The summed E-state index contributed by atoms with van der Waals surface area (Å²) in [6.45, 7) is 6.19. The molecule has 0 aliphatic rings. The van der Waals surface area contributed by atoms with E-state index in [4.69, 9.17) is 5.73 Å². The van der Waals surface area contributed by atoms with Gasteiger partial charge in [0.2, 0.25) is 0 Å². The van der Waals surface area contributed by atoms with Gasteiger partial charge in [-0.25, -0.2) is 4.98 Å². The Balaban J connectivity index is 2.24. The Bertz CT molecular complexity index is 549. The molecule has 0 aliphatic heterocycles. The van der Waals surface area contributed by atoms with Crippen LogP contribution in [0.25, 0.3) is 0 Å². The van der Waals surface area contributed by atoms with Crippen molar-refractivity contribution in [3.8, 4) is 0 Å². The normalized spacial score (nSPS) is 12.2. The number of nitrogens with two attached hydrogens (primary N) is 1. The number of benzene rings is 1. The van der Waals surface area contributed by atoms with Crippen molar-refractivity contribution in [2.24, 2.45) is 0 Å². The Kier molecular flexibility index (Phi) is 3.51. The number of anilines is 2. The van der Waals surface area contributed by atoms with Crippen LogP contribution in [0.4, 0.5) is 11.5 Å². The molecule has 1 aromatic heterocycles. The maximum Gasteiger partial charge on any atom is 0.149 e. The van der Waals surface area contributed by atoms with Gasteiger partial charge in [0, 0.05) is 5.69 Å². The fourth-order valence-electron chi connectivity index (χ4n) is 2.04. The summed E-state index contributed by atoms with van der Waals surface area (Å²) in [7, 11) is 0. The molecule has 0 fully saturated rings. The molecule has 0 radical (unpaired) electrons. The number of rotatable bonds is 3. The van der Waals surface area contributed by atoms with Gasteiger partial charge in [0.25, 0.3) is 0 Å². The van der Waals surface area contributed by atoms with Gasteiger partial charge in [-0.3, -0.25) is 0 Å². The van der Waals surface area contributed by atoms with Crippen molar-refractivity contribution < 1.29 is 0 Å². The van der Waals surface area contributed by atoms with E-state index in [0.29, 0.717) is 5.69 Å². The molecule has 3 N–H and O–H groups in total. The molecule has 0 spiro atoms. The molecule has 0 saturated heterocycles. The minimum Gasteiger partial charge on any atom is -0.396 e. The van der Waals surface area contributed by atoms with Gasteiger partial charge >= 0.3 is 0 Å². The third-order valence-electron chi connectivity index (χ3n) is 3.07. The highest BCUT2D eigenvalue weighted by Crippen LogP contribution is 2.24. The molecule has 0 aliphatic carbocycles. The minimum atomic E-state index is 0.183. The molecule has 0 amide bonds. The van der Waals surface area contributed by atoms with Gasteiger partial charge in [0.1, 0.15) is 5.82 Å². The molecule has 2 aromatic rings. The van der Waals surface area contributed by atoms with Crippen molar-refractivity contribution >= 4 is 11.5 Å². The molecule has 2 rings (SSSR count). The summed E-state index contributed by atoms with van der Waals surface area (Å²) in [5.74, 6) is 0.755. The first-order valence-corrected chi connectivity index (χ1v) is 6.13. The first-order chi connectivity index (χ1) is 8.58. The Morgan fingerprint density at radius 3 is 2.56 bits per heavy atom. The third-order valence-corrected chi connectivity index (χ3v) is 3.07. The minimum absolute atomic E-state index is 0.183. The number of hydrogen-bond donors (Lipinski definition) is 2. The largest absolute Gasteiger partial charge is 0.396 e. The third kappa shape index (κ3) is 2.62. The second kappa shape index (κ2) is 5.08. The molecule has 94 valence electrons. The van der Waals surface area contributed by atoms with Crippen LogP contribution in [0.1, 0.15) is 29.8 Å². The first kappa shape index (κ1) is 12.4. The molecule has 3 heteroatoms. The smallest absolute Gasteiger partial charge is 0.149 e. The summed E-state index contributed by atoms with van der Waals surface area (Å²) in [5.41, 5.74) is 10.1. The average molecular weight is 241 g/mol. The number of nitrogen functional groups attached to an aromatic ring is 1. The maximum absolute atomic E-state index is 5.93. The quantitative estimate of drug-likeness (QED) is 0.865. The second-order valence-electron chi connectivity index (χ2n) is 4.61. The Morgan fingerprint density at radius 2 is 1.83 bits per heavy atom. The summed E-state index contributed by atoms with van der Waals surface area (Å²) in [6, 6.07) is 12.3. The predicted molar refractivity (Wildman–Crippen MR) is 76.6 cm³/mol. The summed E-state index contributed by atoms with van der Waals surface area (Å²) >= 11 is 0. The SMILES string of the molecule is Cc1ccc(N)c(NC(C)c2ccccc2C)n1. The van der Waals surface area contributed by atoms with Gasteiger partial charge in [-0.1, -0.05) is 24.3 Å². The molecule has 1 unspecified atom stereocenters. The van der Waals surface area contributed by atoms with E-state index in [0.717, 1.165) is 11.5 Å². The van der Waals surface area contributed by atoms with Crippen LogP contribution < -0.4 is 11.1 Å². The van der Waals surface area contributed by atoms with Crippen molar-refractivity contribution in [1.29, 1.82) is 0 Å². The zero-order valence-corrected chi connectivity index (χ0v) is 11.1. The van der Waals surface area contributed by atoms with Crippen LogP contribution >= 0.6 is 0 Å². The molecule has 1 heterocycles. The summed E-state index contributed by atoms with van der Waals surface area (Å²) in [6.07, 6.45) is 0. The lowest BCUT2D eigenvalue weighted by atomic mass is 10.0. The fraction of sp³-hybridized carbons (Fsp3) is 0.267. The number of pyridine rings is 1. The van der Waals surface area contributed by atoms with E-state index in [1.165, 1.54) is 11.1 Å². The molecular formula is C15H19N3. The maximum atomic E-state index is 5.93. The van der Waals surface area contributed by atoms with Crippen LogP contribution in [-0.2, 0) is 0 Å². The number of aryl methyl sites for hydroxylation is 2. The number of nitrogens with zero attached hydrogens (tertiary/aromatic N) is 1. The number of aromatic nitrogens is 1. The summed E-state index contributed by atoms with van der Waals surface area (Å²) in [4.78, 5) is 4.43. The Labute approximate surface area is 108 Å². The van der Waals surface area contributed by atoms with Crippen LogP contribution in [-0.4, -0.2) is 4.98 Å². The molecule has 3 nitrogen and oxygen atoms in total. The summed E-state index contributed by atoms with van der Waals surface area (Å²) < 4.78 is 0. The predicted octanol–water partition coefficient (Wildman–Crippen LogP) is 3.45. The van der Waals surface area contributed by atoms with E-state index in [1.807, 2.05) is 31.2 Å². The van der Waals surface area contributed by atoms with Gasteiger partial charge in [0.05, 0.1) is 11.7 Å². The molecule has 1 atom stereocenters. The van der Waals surface area contributed by atoms with Crippen molar-refractivity contribution in [3.05, 3.63) is 53.2 Å². The Morgan fingerprint density at radius 1 is 1.11 bits per heavy atom. The lowest BCUT2D eigenvalue weighted by Crippen LogP contribution is -2.11. The molecule has 0 saturated carbocycles. The summed E-state index contributed by atoms with van der Waals surface area (Å²) in [5, 5.41) is 3.37. The average Bonchev–Trinajstić information content (AvgIpc) is 2.34.